The minimum absolute atomic E-state index is 0.241. The SMILES string of the molecule is Cc1ccc(CCCC(=O)NCC(C)(O)C(=O)O)s1. The van der Waals surface area contributed by atoms with Gasteiger partial charge < -0.3 is 15.5 Å². The number of nitrogens with one attached hydrogen (secondary N) is 1. The van der Waals surface area contributed by atoms with E-state index in [0.717, 1.165) is 13.3 Å². The lowest BCUT2D eigenvalue weighted by Gasteiger charge is -2.18. The number of amides is 1. The molecule has 0 aliphatic carbocycles. The number of hydrogen-bond acceptors (Lipinski definition) is 4. The van der Waals surface area contributed by atoms with Gasteiger partial charge in [0.2, 0.25) is 5.91 Å². The van der Waals surface area contributed by atoms with Crippen molar-refractivity contribution in [1.29, 1.82) is 0 Å². The van der Waals surface area contributed by atoms with E-state index in [0.29, 0.717) is 12.8 Å². The molecule has 0 saturated heterocycles. The maximum Gasteiger partial charge on any atom is 0.337 e. The second-order valence-electron chi connectivity index (χ2n) is 4.72. The molecule has 0 spiro atoms. The minimum Gasteiger partial charge on any atom is -0.479 e. The Hall–Kier alpha value is -1.40. The molecule has 1 aromatic rings. The van der Waals surface area contributed by atoms with E-state index < -0.39 is 11.6 Å². The summed E-state index contributed by atoms with van der Waals surface area (Å²) in [4.78, 5) is 24.6. The predicted octanol–water partition coefficient (Wildman–Crippen LogP) is 1.33. The highest BCUT2D eigenvalue weighted by Crippen LogP contribution is 2.17. The van der Waals surface area contributed by atoms with Crippen LogP contribution in [0.2, 0.25) is 0 Å². The molecule has 0 radical (unpaired) electrons. The average Bonchev–Trinajstić information content (AvgIpc) is 2.72. The lowest BCUT2D eigenvalue weighted by atomic mass is 10.1. The average molecular weight is 285 g/mol. The molecule has 1 aromatic heterocycles. The fraction of sp³-hybridized carbons (Fsp3) is 0.538. The molecule has 1 atom stereocenters. The maximum absolute atomic E-state index is 11.5. The van der Waals surface area contributed by atoms with Gasteiger partial charge >= 0.3 is 5.97 Å². The first kappa shape index (κ1) is 15.7. The van der Waals surface area contributed by atoms with Crippen LogP contribution in [0.15, 0.2) is 12.1 Å². The van der Waals surface area contributed by atoms with Gasteiger partial charge in [-0.15, -0.1) is 11.3 Å². The highest BCUT2D eigenvalue weighted by Gasteiger charge is 2.30. The van der Waals surface area contributed by atoms with Crippen molar-refractivity contribution in [2.24, 2.45) is 0 Å². The van der Waals surface area contributed by atoms with E-state index in [1.165, 1.54) is 9.75 Å². The number of aliphatic hydroxyl groups is 1. The Morgan fingerprint density at radius 1 is 1.42 bits per heavy atom. The highest BCUT2D eigenvalue weighted by molar-refractivity contribution is 7.11. The Morgan fingerprint density at radius 3 is 2.63 bits per heavy atom. The van der Waals surface area contributed by atoms with E-state index in [1.807, 2.05) is 19.1 Å². The molecule has 1 amide bonds. The molecule has 3 N–H and O–H groups in total. The van der Waals surface area contributed by atoms with Crippen molar-refractivity contribution < 1.29 is 19.8 Å². The quantitative estimate of drug-likeness (QED) is 0.705. The summed E-state index contributed by atoms with van der Waals surface area (Å²) in [7, 11) is 0. The number of hydrogen-bond donors (Lipinski definition) is 3. The van der Waals surface area contributed by atoms with Crippen molar-refractivity contribution in [3.05, 3.63) is 21.9 Å². The molecule has 0 bridgehead atoms. The molecule has 0 aliphatic heterocycles. The topological polar surface area (TPSA) is 86.6 Å². The van der Waals surface area contributed by atoms with Gasteiger partial charge in [0.05, 0.1) is 6.54 Å². The van der Waals surface area contributed by atoms with E-state index in [4.69, 9.17) is 5.11 Å². The van der Waals surface area contributed by atoms with Crippen LogP contribution in [0, 0.1) is 6.92 Å². The molecule has 0 aromatic carbocycles. The molecule has 1 heterocycles. The summed E-state index contributed by atoms with van der Waals surface area (Å²) in [6.45, 7) is 2.91. The number of rotatable bonds is 7. The Labute approximate surface area is 116 Å². The zero-order chi connectivity index (χ0) is 14.5. The molecule has 19 heavy (non-hydrogen) atoms. The van der Waals surface area contributed by atoms with Gasteiger partial charge in [-0.3, -0.25) is 4.79 Å². The number of carbonyl (C=O) groups is 2. The first-order valence-corrected chi connectivity index (χ1v) is 6.91. The van der Waals surface area contributed by atoms with E-state index in [2.05, 4.69) is 5.32 Å². The zero-order valence-corrected chi connectivity index (χ0v) is 11.9. The Kier molecular flexibility index (Phi) is 5.50. The largest absolute Gasteiger partial charge is 0.479 e. The number of carboxylic acids is 1. The standard InChI is InChI=1S/C13H19NO4S/c1-9-6-7-10(19-9)4-3-5-11(15)14-8-13(2,18)12(16)17/h6-7,18H,3-5,8H2,1-2H3,(H,14,15)(H,16,17). The van der Waals surface area contributed by atoms with Gasteiger partial charge in [0.1, 0.15) is 0 Å². The van der Waals surface area contributed by atoms with Crippen LogP contribution in [0.3, 0.4) is 0 Å². The Bertz CT molecular complexity index is 453. The molecule has 1 unspecified atom stereocenters. The summed E-state index contributed by atoms with van der Waals surface area (Å²) in [6, 6.07) is 4.09. The number of thiophene rings is 1. The van der Waals surface area contributed by atoms with Crippen LogP contribution in [0.25, 0.3) is 0 Å². The van der Waals surface area contributed by atoms with Gasteiger partial charge in [0.15, 0.2) is 5.60 Å². The second-order valence-corrected chi connectivity index (χ2v) is 6.09. The molecule has 106 valence electrons. The summed E-state index contributed by atoms with van der Waals surface area (Å²) < 4.78 is 0. The fourth-order valence-corrected chi connectivity index (χ4v) is 2.41. The van der Waals surface area contributed by atoms with Gasteiger partial charge in [0.25, 0.3) is 0 Å². The van der Waals surface area contributed by atoms with Crippen LogP contribution >= 0.6 is 11.3 Å². The van der Waals surface area contributed by atoms with Gasteiger partial charge in [-0.05, 0) is 38.8 Å². The van der Waals surface area contributed by atoms with Gasteiger partial charge in [-0.1, -0.05) is 0 Å². The first-order valence-electron chi connectivity index (χ1n) is 6.09. The second kappa shape index (κ2) is 6.68. The lowest BCUT2D eigenvalue weighted by molar-refractivity contribution is -0.156. The summed E-state index contributed by atoms with van der Waals surface area (Å²) >= 11 is 1.71. The Balaban J connectivity index is 2.23. The summed E-state index contributed by atoms with van der Waals surface area (Å²) in [5.41, 5.74) is -1.92. The van der Waals surface area contributed by atoms with E-state index in [9.17, 15) is 14.7 Å². The predicted molar refractivity (Wildman–Crippen MR) is 73.3 cm³/mol. The molecular formula is C13H19NO4S. The molecule has 0 saturated carbocycles. The van der Waals surface area contributed by atoms with E-state index >= 15 is 0 Å². The Morgan fingerprint density at radius 2 is 2.11 bits per heavy atom. The molecule has 0 aliphatic rings. The monoisotopic (exact) mass is 285 g/mol. The van der Waals surface area contributed by atoms with Crippen LogP contribution in [-0.2, 0) is 16.0 Å². The van der Waals surface area contributed by atoms with Crippen molar-refractivity contribution >= 4 is 23.2 Å². The minimum atomic E-state index is -1.92. The van der Waals surface area contributed by atoms with Gasteiger partial charge in [-0.2, -0.15) is 0 Å². The number of carboxylic acid groups (broad SMARTS) is 1. The van der Waals surface area contributed by atoms with Crippen LogP contribution < -0.4 is 5.32 Å². The summed E-state index contributed by atoms with van der Waals surface area (Å²) in [6.07, 6.45) is 1.87. The zero-order valence-electron chi connectivity index (χ0n) is 11.1. The van der Waals surface area contributed by atoms with Crippen molar-refractivity contribution in [2.45, 2.75) is 38.7 Å². The van der Waals surface area contributed by atoms with Crippen molar-refractivity contribution in [2.75, 3.05) is 6.54 Å². The number of aryl methyl sites for hydroxylation is 2. The van der Waals surface area contributed by atoms with Crippen LogP contribution in [0.1, 0.15) is 29.5 Å². The lowest BCUT2D eigenvalue weighted by Crippen LogP contribution is -2.46. The number of aliphatic carboxylic acids is 1. The van der Waals surface area contributed by atoms with E-state index in [1.54, 1.807) is 11.3 Å². The molecule has 5 nitrogen and oxygen atoms in total. The summed E-state index contributed by atoms with van der Waals surface area (Å²) in [5.74, 6) is -1.59. The van der Waals surface area contributed by atoms with Crippen LogP contribution in [0.5, 0.6) is 0 Å². The van der Waals surface area contributed by atoms with Gasteiger partial charge in [0, 0.05) is 16.2 Å². The van der Waals surface area contributed by atoms with Crippen LogP contribution in [0.4, 0.5) is 0 Å². The van der Waals surface area contributed by atoms with E-state index in [-0.39, 0.29) is 12.5 Å². The molecule has 1 rings (SSSR count). The highest BCUT2D eigenvalue weighted by atomic mass is 32.1. The summed E-state index contributed by atoms with van der Waals surface area (Å²) in [5, 5.41) is 20.5. The van der Waals surface area contributed by atoms with Crippen molar-refractivity contribution in [3.63, 3.8) is 0 Å². The van der Waals surface area contributed by atoms with Crippen molar-refractivity contribution in [1.82, 2.24) is 5.32 Å². The van der Waals surface area contributed by atoms with Crippen molar-refractivity contribution in [3.8, 4) is 0 Å². The number of carbonyl (C=O) groups excluding carboxylic acids is 1. The normalized spacial score (nSPS) is 13.8. The third-order valence-electron chi connectivity index (χ3n) is 2.71. The maximum atomic E-state index is 11.5. The molecule has 6 heteroatoms. The smallest absolute Gasteiger partial charge is 0.337 e. The third kappa shape index (κ3) is 5.40. The third-order valence-corrected chi connectivity index (χ3v) is 3.77. The van der Waals surface area contributed by atoms with Crippen LogP contribution in [-0.4, -0.2) is 34.2 Å². The van der Waals surface area contributed by atoms with Gasteiger partial charge in [-0.25, -0.2) is 4.79 Å². The fourth-order valence-electron chi connectivity index (χ4n) is 1.48. The molecular weight excluding hydrogens is 266 g/mol. The molecule has 0 fully saturated rings. The first-order chi connectivity index (χ1) is 8.81.